The third kappa shape index (κ3) is 2.78. The molecule has 0 unspecified atom stereocenters. The fourth-order valence-electron chi connectivity index (χ4n) is 3.95. The van der Waals surface area contributed by atoms with Crippen molar-refractivity contribution < 1.29 is 9.59 Å². The smallest absolute Gasteiger partial charge is 0.272 e. The predicted molar refractivity (Wildman–Crippen MR) is 86.8 cm³/mol. The Labute approximate surface area is 136 Å². The molecule has 3 heterocycles. The molecule has 0 aromatic carbocycles. The summed E-state index contributed by atoms with van der Waals surface area (Å²) in [6, 6.07) is 1.76. The second-order valence-electron chi connectivity index (χ2n) is 6.50. The van der Waals surface area contributed by atoms with E-state index >= 15 is 0 Å². The fraction of sp³-hybridized carbons (Fsp3) is 0.588. The predicted octanol–water partition coefficient (Wildman–Crippen LogP) is 1.59. The van der Waals surface area contributed by atoms with Crippen LogP contribution in [0.1, 0.15) is 42.6 Å². The number of amides is 2. The molecule has 6 nitrogen and oxygen atoms in total. The molecule has 0 aliphatic carbocycles. The zero-order valence-corrected chi connectivity index (χ0v) is 13.7. The van der Waals surface area contributed by atoms with E-state index in [1.165, 1.54) is 0 Å². The van der Waals surface area contributed by atoms with E-state index in [1.807, 2.05) is 9.80 Å². The molecular formula is C17H24N4O2. The van der Waals surface area contributed by atoms with Gasteiger partial charge in [0.2, 0.25) is 5.91 Å². The van der Waals surface area contributed by atoms with E-state index in [1.54, 1.807) is 30.1 Å². The van der Waals surface area contributed by atoms with Gasteiger partial charge in [-0.05, 0) is 31.7 Å². The highest BCUT2D eigenvalue weighted by atomic mass is 16.2. The Morgan fingerprint density at radius 1 is 1.39 bits per heavy atom. The van der Waals surface area contributed by atoms with Gasteiger partial charge >= 0.3 is 0 Å². The van der Waals surface area contributed by atoms with E-state index in [2.05, 4.69) is 11.7 Å². The van der Waals surface area contributed by atoms with Gasteiger partial charge < -0.3 is 9.80 Å². The van der Waals surface area contributed by atoms with Crippen molar-refractivity contribution in [1.82, 2.24) is 19.6 Å². The molecule has 2 fully saturated rings. The maximum Gasteiger partial charge on any atom is 0.272 e. The van der Waals surface area contributed by atoms with Gasteiger partial charge in [-0.2, -0.15) is 5.10 Å². The van der Waals surface area contributed by atoms with Crippen LogP contribution < -0.4 is 0 Å². The van der Waals surface area contributed by atoms with Crippen LogP contribution in [-0.4, -0.2) is 56.6 Å². The van der Waals surface area contributed by atoms with E-state index < -0.39 is 0 Å². The molecule has 0 radical (unpaired) electrons. The Kier molecular flexibility index (Phi) is 4.24. The standard InChI is InChI=1S/C17H24N4O2/c1-3-11-21-15(22)5-8-17(21)7-4-12-20(13-9-17)16(23)14-6-10-18-19(14)2/h3,6,10H,1,4-5,7-9,11-13H2,2H3/t17-/m0/s1. The number of nitrogens with zero attached hydrogens (tertiary/aromatic N) is 4. The normalized spacial score (nSPS) is 25.0. The summed E-state index contributed by atoms with van der Waals surface area (Å²) in [5.41, 5.74) is 0.527. The Morgan fingerprint density at radius 3 is 2.91 bits per heavy atom. The molecule has 3 rings (SSSR count). The molecule has 124 valence electrons. The molecule has 2 aliphatic rings. The first kappa shape index (κ1) is 15.8. The van der Waals surface area contributed by atoms with E-state index in [0.717, 1.165) is 32.2 Å². The number of carbonyl (C=O) groups is 2. The van der Waals surface area contributed by atoms with Crippen LogP contribution in [0.25, 0.3) is 0 Å². The van der Waals surface area contributed by atoms with Gasteiger partial charge in [0, 0.05) is 44.8 Å². The molecule has 23 heavy (non-hydrogen) atoms. The van der Waals surface area contributed by atoms with Gasteiger partial charge in [0.15, 0.2) is 0 Å². The van der Waals surface area contributed by atoms with Gasteiger partial charge in [0.1, 0.15) is 5.69 Å². The van der Waals surface area contributed by atoms with Crippen molar-refractivity contribution in [2.75, 3.05) is 19.6 Å². The lowest BCUT2D eigenvalue weighted by Gasteiger charge is -2.37. The van der Waals surface area contributed by atoms with E-state index in [-0.39, 0.29) is 17.4 Å². The fourth-order valence-corrected chi connectivity index (χ4v) is 3.95. The Morgan fingerprint density at radius 2 is 2.22 bits per heavy atom. The minimum Gasteiger partial charge on any atom is -0.337 e. The molecule has 6 heteroatoms. The number of rotatable bonds is 3. The monoisotopic (exact) mass is 316 g/mol. The summed E-state index contributed by atoms with van der Waals surface area (Å²) < 4.78 is 1.62. The van der Waals surface area contributed by atoms with Crippen molar-refractivity contribution in [3.63, 3.8) is 0 Å². The van der Waals surface area contributed by atoms with Crippen molar-refractivity contribution in [2.24, 2.45) is 7.05 Å². The van der Waals surface area contributed by atoms with Crippen molar-refractivity contribution in [3.05, 3.63) is 30.6 Å². The van der Waals surface area contributed by atoms with Crippen LogP contribution in [0.15, 0.2) is 24.9 Å². The average molecular weight is 316 g/mol. The van der Waals surface area contributed by atoms with Crippen molar-refractivity contribution >= 4 is 11.8 Å². The lowest BCUT2D eigenvalue weighted by atomic mass is 9.87. The molecule has 2 amide bonds. The Balaban J connectivity index is 1.74. The maximum absolute atomic E-state index is 12.7. The number of likely N-dealkylation sites (tertiary alicyclic amines) is 2. The topological polar surface area (TPSA) is 58.4 Å². The van der Waals surface area contributed by atoms with Gasteiger partial charge in [-0.3, -0.25) is 14.3 Å². The molecule has 0 saturated carbocycles. The Bertz CT molecular complexity index is 624. The maximum atomic E-state index is 12.7. The summed E-state index contributed by atoms with van der Waals surface area (Å²) >= 11 is 0. The number of aryl methyl sites for hydroxylation is 1. The summed E-state index contributed by atoms with van der Waals surface area (Å²) in [7, 11) is 1.79. The van der Waals surface area contributed by atoms with Gasteiger partial charge in [0.05, 0.1) is 0 Å². The van der Waals surface area contributed by atoms with Crippen LogP contribution in [0, 0.1) is 0 Å². The number of aromatic nitrogens is 2. The first-order chi connectivity index (χ1) is 11.1. The first-order valence-electron chi connectivity index (χ1n) is 8.26. The van der Waals surface area contributed by atoms with E-state index in [0.29, 0.717) is 25.2 Å². The van der Waals surface area contributed by atoms with Gasteiger partial charge in [-0.1, -0.05) is 6.08 Å². The van der Waals surface area contributed by atoms with Crippen molar-refractivity contribution in [2.45, 2.75) is 37.6 Å². The molecule has 0 bridgehead atoms. The van der Waals surface area contributed by atoms with Crippen molar-refractivity contribution in [1.29, 1.82) is 0 Å². The molecule has 0 N–H and O–H groups in total. The number of hydrogen-bond acceptors (Lipinski definition) is 3. The summed E-state index contributed by atoms with van der Waals surface area (Å²) in [6.07, 6.45) is 7.68. The van der Waals surface area contributed by atoms with Crippen LogP contribution in [0.2, 0.25) is 0 Å². The zero-order valence-electron chi connectivity index (χ0n) is 13.7. The zero-order chi connectivity index (χ0) is 16.4. The highest BCUT2D eigenvalue weighted by Gasteiger charge is 2.45. The molecular weight excluding hydrogens is 292 g/mol. The second-order valence-corrected chi connectivity index (χ2v) is 6.50. The summed E-state index contributed by atoms with van der Waals surface area (Å²) in [6.45, 7) is 5.81. The molecule has 2 aliphatic heterocycles. The number of hydrogen-bond donors (Lipinski definition) is 0. The van der Waals surface area contributed by atoms with Gasteiger partial charge in [0.25, 0.3) is 5.91 Å². The van der Waals surface area contributed by atoms with Gasteiger partial charge in [-0.25, -0.2) is 0 Å². The summed E-state index contributed by atoms with van der Waals surface area (Å²) in [4.78, 5) is 28.7. The average Bonchev–Trinajstić information content (AvgIpc) is 3.00. The van der Waals surface area contributed by atoms with E-state index in [9.17, 15) is 9.59 Å². The lowest BCUT2D eigenvalue weighted by molar-refractivity contribution is -0.130. The Hall–Kier alpha value is -2.11. The van der Waals surface area contributed by atoms with Crippen LogP contribution in [0.4, 0.5) is 0 Å². The van der Waals surface area contributed by atoms with Crippen LogP contribution >= 0.6 is 0 Å². The highest BCUT2D eigenvalue weighted by molar-refractivity contribution is 5.92. The quantitative estimate of drug-likeness (QED) is 0.796. The van der Waals surface area contributed by atoms with Gasteiger partial charge in [-0.15, -0.1) is 6.58 Å². The molecule has 1 spiro atoms. The molecule has 1 aromatic heterocycles. The summed E-state index contributed by atoms with van der Waals surface area (Å²) in [5, 5.41) is 4.08. The lowest BCUT2D eigenvalue weighted by Crippen LogP contribution is -2.46. The van der Waals surface area contributed by atoms with Crippen LogP contribution in [0.3, 0.4) is 0 Å². The molecule has 1 aromatic rings. The van der Waals surface area contributed by atoms with Crippen LogP contribution in [-0.2, 0) is 11.8 Å². The minimum absolute atomic E-state index is 0.0293. The van der Waals surface area contributed by atoms with Crippen molar-refractivity contribution in [3.8, 4) is 0 Å². The third-order valence-corrected chi connectivity index (χ3v) is 5.23. The van der Waals surface area contributed by atoms with E-state index in [4.69, 9.17) is 0 Å². The highest BCUT2D eigenvalue weighted by Crippen LogP contribution is 2.39. The molecule has 1 atom stereocenters. The number of carbonyl (C=O) groups excluding carboxylic acids is 2. The SMILES string of the molecule is C=CCN1C(=O)CC[C@]12CCCN(C(=O)c1ccnn1C)CC2. The van der Waals surface area contributed by atoms with Crippen LogP contribution in [0.5, 0.6) is 0 Å². The summed E-state index contributed by atoms with van der Waals surface area (Å²) in [5.74, 6) is 0.248. The first-order valence-corrected chi connectivity index (χ1v) is 8.26. The molecule has 2 saturated heterocycles. The largest absolute Gasteiger partial charge is 0.337 e. The third-order valence-electron chi connectivity index (χ3n) is 5.23. The minimum atomic E-state index is -0.0905. The second kappa shape index (κ2) is 6.18.